The van der Waals surface area contributed by atoms with Gasteiger partial charge in [-0.15, -0.1) is 0 Å². The van der Waals surface area contributed by atoms with Gasteiger partial charge in [-0.1, -0.05) is 29.8 Å². The Hall–Kier alpha value is -2.73. The molecule has 1 aliphatic heterocycles. The van der Waals surface area contributed by atoms with Crippen LogP contribution in [0.3, 0.4) is 0 Å². The summed E-state index contributed by atoms with van der Waals surface area (Å²) < 4.78 is 5.94. The van der Waals surface area contributed by atoms with Crippen molar-refractivity contribution in [2.24, 2.45) is 0 Å². The van der Waals surface area contributed by atoms with E-state index in [2.05, 4.69) is 15.0 Å². The summed E-state index contributed by atoms with van der Waals surface area (Å²) in [6, 6.07) is 7.48. The summed E-state index contributed by atoms with van der Waals surface area (Å²) in [7, 11) is 0. The molecule has 1 atom stereocenters. The Bertz CT molecular complexity index is 913. The molecule has 1 amide bonds. The summed E-state index contributed by atoms with van der Waals surface area (Å²) in [5.74, 6) is 1.14. The molecule has 3 heterocycles. The van der Waals surface area contributed by atoms with Crippen LogP contribution in [0.1, 0.15) is 46.6 Å². The number of oxazole rings is 1. The van der Waals surface area contributed by atoms with Crippen molar-refractivity contribution >= 4 is 17.5 Å². The summed E-state index contributed by atoms with van der Waals surface area (Å²) in [5.41, 5.74) is 1.32. The highest BCUT2D eigenvalue weighted by Gasteiger charge is 2.34. The molecule has 1 aliphatic rings. The lowest BCUT2D eigenvalue weighted by molar-refractivity contribution is 0.0708. The maximum absolute atomic E-state index is 12.7. The molecule has 1 aromatic carbocycles. The summed E-state index contributed by atoms with van der Waals surface area (Å²) in [4.78, 5) is 27.0. The number of amides is 1. The molecule has 0 N–H and O–H groups in total. The lowest BCUT2D eigenvalue weighted by atomic mass is 10.1. The number of carbonyl (C=O) groups excluding carboxylic acids is 1. The molecule has 26 heavy (non-hydrogen) atoms. The first-order valence-corrected chi connectivity index (χ1v) is 8.85. The topological polar surface area (TPSA) is 72.1 Å². The van der Waals surface area contributed by atoms with Gasteiger partial charge in [-0.05, 0) is 24.5 Å². The molecule has 0 saturated carbocycles. The molecule has 6 nitrogen and oxygen atoms in total. The molecule has 0 bridgehead atoms. The Morgan fingerprint density at radius 2 is 2.12 bits per heavy atom. The summed E-state index contributed by atoms with van der Waals surface area (Å²) >= 11 is 6.21. The minimum absolute atomic E-state index is 0.147. The standard InChI is InChI=1S/C19H17ClN4O2/c20-15-5-2-1-4-13(15)10-14-11-23-18(26-14)17-6-3-9-24(17)19(25)16-12-21-7-8-22-16/h1-2,4-5,7-8,11-12,17H,3,6,9-10H2/t17-/m1/s1. The molecule has 132 valence electrons. The molecule has 3 aromatic rings. The third-order valence-electron chi connectivity index (χ3n) is 4.47. The second-order valence-corrected chi connectivity index (χ2v) is 6.59. The Kier molecular flexibility index (Phi) is 4.67. The highest BCUT2D eigenvalue weighted by atomic mass is 35.5. The van der Waals surface area contributed by atoms with Crippen molar-refractivity contribution in [1.82, 2.24) is 19.9 Å². The minimum atomic E-state index is -0.176. The van der Waals surface area contributed by atoms with E-state index in [1.807, 2.05) is 24.3 Å². The average Bonchev–Trinajstić information content (AvgIpc) is 3.33. The van der Waals surface area contributed by atoms with Crippen LogP contribution in [-0.2, 0) is 6.42 Å². The molecule has 4 rings (SSSR count). The number of rotatable bonds is 4. The van der Waals surface area contributed by atoms with E-state index in [1.54, 1.807) is 17.3 Å². The smallest absolute Gasteiger partial charge is 0.274 e. The first-order valence-electron chi connectivity index (χ1n) is 8.47. The number of halogens is 1. The number of carbonyl (C=O) groups is 1. The van der Waals surface area contributed by atoms with E-state index in [-0.39, 0.29) is 11.9 Å². The Morgan fingerprint density at radius 3 is 2.92 bits per heavy atom. The lowest BCUT2D eigenvalue weighted by Crippen LogP contribution is -2.31. The van der Waals surface area contributed by atoms with Crippen LogP contribution in [0.4, 0.5) is 0 Å². The van der Waals surface area contributed by atoms with Crippen molar-refractivity contribution in [1.29, 1.82) is 0 Å². The van der Waals surface area contributed by atoms with E-state index in [0.29, 0.717) is 29.6 Å². The van der Waals surface area contributed by atoms with Gasteiger partial charge in [-0.25, -0.2) is 9.97 Å². The predicted octanol–water partition coefficient (Wildman–Crippen LogP) is 3.69. The number of likely N-dealkylation sites (tertiary alicyclic amines) is 1. The quantitative estimate of drug-likeness (QED) is 0.702. The van der Waals surface area contributed by atoms with E-state index in [0.717, 1.165) is 24.2 Å². The molecule has 0 unspecified atom stereocenters. The third-order valence-corrected chi connectivity index (χ3v) is 4.84. The third kappa shape index (κ3) is 3.32. The molecule has 0 radical (unpaired) electrons. The number of nitrogens with zero attached hydrogens (tertiary/aromatic N) is 4. The number of benzene rings is 1. The van der Waals surface area contributed by atoms with Gasteiger partial charge in [0.2, 0.25) is 5.89 Å². The molecule has 2 aromatic heterocycles. The predicted molar refractivity (Wildman–Crippen MR) is 95.8 cm³/mol. The molecule has 0 spiro atoms. The second kappa shape index (κ2) is 7.25. The fourth-order valence-corrected chi connectivity index (χ4v) is 3.41. The molecule has 0 aliphatic carbocycles. The lowest BCUT2D eigenvalue weighted by Gasteiger charge is -2.21. The van der Waals surface area contributed by atoms with Gasteiger partial charge in [0.25, 0.3) is 5.91 Å². The Balaban J connectivity index is 1.53. The summed E-state index contributed by atoms with van der Waals surface area (Å²) in [6.45, 7) is 0.655. The number of aromatic nitrogens is 3. The highest BCUT2D eigenvalue weighted by Crippen LogP contribution is 2.33. The maximum Gasteiger partial charge on any atom is 0.274 e. The normalized spacial score (nSPS) is 16.8. The number of hydrogen-bond acceptors (Lipinski definition) is 5. The van der Waals surface area contributed by atoms with Crippen molar-refractivity contribution in [3.05, 3.63) is 77.0 Å². The fraction of sp³-hybridized carbons (Fsp3) is 0.263. The van der Waals surface area contributed by atoms with E-state index in [4.69, 9.17) is 16.0 Å². The van der Waals surface area contributed by atoms with Crippen molar-refractivity contribution in [2.75, 3.05) is 6.54 Å². The van der Waals surface area contributed by atoms with Gasteiger partial charge < -0.3 is 9.32 Å². The van der Waals surface area contributed by atoms with E-state index >= 15 is 0 Å². The highest BCUT2D eigenvalue weighted by molar-refractivity contribution is 6.31. The van der Waals surface area contributed by atoms with Crippen molar-refractivity contribution in [2.45, 2.75) is 25.3 Å². The van der Waals surface area contributed by atoms with Gasteiger partial charge in [0.05, 0.1) is 12.4 Å². The van der Waals surface area contributed by atoms with Crippen LogP contribution in [0.25, 0.3) is 0 Å². The van der Waals surface area contributed by atoms with Crippen LogP contribution in [0.15, 0.2) is 53.5 Å². The zero-order valence-corrected chi connectivity index (χ0v) is 14.8. The summed E-state index contributed by atoms with van der Waals surface area (Å²) in [5, 5.41) is 0.700. The molecule has 1 saturated heterocycles. The van der Waals surface area contributed by atoms with E-state index in [9.17, 15) is 4.79 Å². The second-order valence-electron chi connectivity index (χ2n) is 6.18. The maximum atomic E-state index is 12.7. The zero-order valence-electron chi connectivity index (χ0n) is 14.0. The van der Waals surface area contributed by atoms with Gasteiger partial charge in [-0.3, -0.25) is 9.78 Å². The van der Waals surface area contributed by atoms with Crippen LogP contribution in [-0.4, -0.2) is 32.3 Å². The molecule has 7 heteroatoms. The average molecular weight is 369 g/mol. The molecular weight excluding hydrogens is 352 g/mol. The van der Waals surface area contributed by atoms with E-state index < -0.39 is 0 Å². The summed E-state index contributed by atoms with van der Waals surface area (Å²) in [6.07, 6.45) is 8.55. The van der Waals surface area contributed by atoms with Crippen LogP contribution >= 0.6 is 11.6 Å². The molecule has 1 fully saturated rings. The minimum Gasteiger partial charge on any atom is -0.443 e. The van der Waals surface area contributed by atoms with Crippen molar-refractivity contribution < 1.29 is 9.21 Å². The van der Waals surface area contributed by atoms with E-state index in [1.165, 1.54) is 12.4 Å². The van der Waals surface area contributed by atoms with Crippen LogP contribution < -0.4 is 0 Å². The first-order chi connectivity index (χ1) is 12.7. The van der Waals surface area contributed by atoms with Gasteiger partial charge in [0, 0.05) is 30.4 Å². The monoisotopic (exact) mass is 368 g/mol. The zero-order chi connectivity index (χ0) is 17.9. The Morgan fingerprint density at radius 1 is 1.23 bits per heavy atom. The number of hydrogen-bond donors (Lipinski definition) is 0. The first kappa shape index (κ1) is 16.7. The molecular formula is C19H17ClN4O2. The SMILES string of the molecule is O=C(c1cnccn1)N1CCC[C@@H]1c1ncc(Cc2ccccc2Cl)o1. The van der Waals surface area contributed by atoms with Crippen LogP contribution in [0.5, 0.6) is 0 Å². The van der Waals surface area contributed by atoms with Gasteiger partial charge in [0.15, 0.2) is 0 Å². The fourth-order valence-electron chi connectivity index (χ4n) is 3.21. The van der Waals surface area contributed by atoms with Gasteiger partial charge in [0.1, 0.15) is 17.5 Å². The van der Waals surface area contributed by atoms with Crippen LogP contribution in [0, 0.1) is 0 Å². The van der Waals surface area contributed by atoms with Crippen molar-refractivity contribution in [3.8, 4) is 0 Å². The van der Waals surface area contributed by atoms with Gasteiger partial charge >= 0.3 is 0 Å². The van der Waals surface area contributed by atoms with Crippen LogP contribution in [0.2, 0.25) is 5.02 Å². The largest absolute Gasteiger partial charge is 0.443 e. The van der Waals surface area contributed by atoms with Crippen molar-refractivity contribution in [3.63, 3.8) is 0 Å². The Labute approximate surface area is 155 Å². The van der Waals surface area contributed by atoms with Gasteiger partial charge in [-0.2, -0.15) is 0 Å².